The van der Waals surface area contributed by atoms with E-state index >= 15 is 0 Å². The minimum atomic E-state index is 0.398. The number of amides is 1. The maximum atomic E-state index is 9.84. The van der Waals surface area contributed by atoms with Gasteiger partial charge in [0.15, 0.2) is 0 Å². The zero-order valence-electron chi connectivity index (χ0n) is 5.59. The summed E-state index contributed by atoms with van der Waals surface area (Å²) < 4.78 is 0. The van der Waals surface area contributed by atoms with Gasteiger partial charge in [-0.15, -0.1) is 0 Å². The molecule has 0 N–H and O–H groups in total. The van der Waals surface area contributed by atoms with Gasteiger partial charge in [-0.1, -0.05) is 5.23 Å². The number of nitrogens with zero attached hydrogens (tertiary/aromatic N) is 1. The Balaban J connectivity index is 3.29. The molecule has 0 aliphatic heterocycles. The summed E-state index contributed by atoms with van der Waals surface area (Å²) in [7, 11) is 0. The van der Waals surface area contributed by atoms with Crippen LogP contribution >= 0.6 is 0 Å². The molecule has 0 aliphatic carbocycles. The van der Waals surface area contributed by atoms with E-state index in [4.69, 9.17) is 0 Å². The summed E-state index contributed by atoms with van der Waals surface area (Å²) in [5.41, 5.74) is 0. The Labute approximate surface area is 54.3 Å². The molecule has 4 nitrogen and oxygen atoms in total. The van der Waals surface area contributed by atoms with Gasteiger partial charge in [-0.05, 0) is 13.8 Å². The normalized spacial score (nSPS) is 9.11. The highest BCUT2D eigenvalue weighted by molar-refractivity contribution is 5.44. The van der Waals surface area contributed by atoms with Gasteiger partial charge in [0.25, 0.3) is 0 Å². The number of hydroxylamine groups is 2. The van der Waals surface area contributed by atoms with Crippen LogP contribution in [0.2, 0.25) is 0 Å². The van der Waals surface area contributed by atoms with E-state index in [1.165, 1.54) is 6.41 Å². The van der Waals surface area contributed by atoms with Gasteiger partial charge in [-0.2, -0.15) is 0 Å². The fourth-order valence-corrected chi connectivity index (χ4v) is 0.324. The van der Waals surface area contributed by atoms with Crippen molar-refractivity contribution in [2.45, 2.75) is 13.8 Å². The van der Waals surface area contributed by atoms with Crippen molar-refractivity contribution in [2.24, 2.45) is 0 Å². The van der Waals surface area contributed by atoms with Gasteiger partial charge in [-0.3, -0.25) is 4.79 Å². The molecule has 0 aromatic heterocycles. The summed E-state index contributed by atoms with van der Waals surface area (Å²) in [4.78, 5) is 19.1. The van der Waals surface area contributed by atoms with Crippen molar-refractivity contribution in [3.8, 4) is 0 Å². The van der Waals surface area contributed by atoms with Crippen molar-refractivity contribution in [1.29, 1.82) is 0 Å². The topological polar surface area (TPSA) is 38.8 Å². The molecule has 0 saturated carbocycles. The van der Waals surface area contributed by atoms with Gasteiger partial charge >= 0.3 is 6.41 Å². The monoisotopic (exact) mass is 132 g/mol. The van der Waals surface area contributed by atoms with Gasteiger partial charge in [0, 0.05) is 0 Å². The summed E-state index contributed by atoms with van der Waals surface area (Å²) in [5, 5.41) is 0.681. The standard InChI is InChI=1S/C5H10NO3/c1-3-8-6(5-7)9-4-2/h3-4H2,1-2H3. The summed E-state index contributed by atoms with van der Waals surface area (Å²) in [6, 6.07) is 0. The molecule has 0 aliphatic rings. The van der Waals surface area contributed by atoms with E-state index in [1.54, 1.807) is 13.8 Å². The predicted molar refractivity (Wildman–Crippen MR) is 30.8 cm³/mol. The lowest BCUT2D eigenvalue weighted by Gasteiger charge is -2.10. The smallest absolute Gasteiger partial charge is 0.258 e. The zero-order valence-corrected chi connectivity index (χ0v) is 5.59. The Morgan fingerprint density at radius 1 is 1.33 bits per heavy atom. The van der Waals surface area contributed by atoms with Gasteiger partial charge in [0.2, 0.25) is 0 Å². The molecule has 53 valence electrons. The molecule has 1 amide bonds. The molecule has 4 heteroatoms. The van der Waals surface area contributed by atoms with Crippen LogP contribution in [0.4, 0.5) is 0 Å². The van der Waals surface area contributed by atoms with Crippen molar-refractivity contribution in [1.82, 2.24) is 5.23 Å². The highest BCUT2D eigenvalue weighted by Crippen LogP contribution is 1.85. The van der Waals surface area contributed by atoms with Gasteiger partial charge < -0.3 is 0 Å². The maximum Gasteiger partial charge on any atom is 0.366 e. The molecule has 0 bridgehead atoms. The Kier molecular flexibility index (Phi) is 5.15. The highest BCUT2D eigenvalue weighted by atomic mass is 16.9. The molecular weight excluding hydrogens is 122 g/mol. The maximum absolute atomic E-state index is 9.84. The summed E-state index contributed by atoms with van der Waals surface area (Å²) in [6.07, 6.45) is 1.44. The second kappa shape index (κ2) is 5.53. The lowest BCUT2D eigenvalue weighted by molar-refractivity contribution is -0.312. The van der Waals surface area contributed by atoms with Crippen LogP contribution in [0.5, 0.6) is 0 Å². The van der Waals surface area contributed by atoms with Crippen LogP contribution in [0.15, 0.2) is 0 Å². The average molecular weight is 132 g/mol. The van der Waals surface area contributed by atoms with Crippen LogP contribution < -0.4 is 0 Å². The Hall–Kier alpha value is -0.610. The van der Waals surface area contributed by atoms with Gasteiger partial charge in [-0.25, -0.2) is 9.68 Å². The SMILES string of the molecule is CCON([C]=O)OCC. The van der Waals surface area contributed by atoms with Crippen molar-refractivity contribution in [3.63, 3.8) is 0 Å². The first kappa shape index (κ1) is 8.39. The van der Waals surface area contributed by atoms with E-state index in [9.17, 15) is 4.79 Å². The van der Waals surface area contributed by atoms with Gasteiger partial charge in [0.1, 0.15) is 0 Å². The molecule has 0 unspecified atom stereocenters. The first-order valence-corrected chi connectivity index (χ1v) is 2.78. The molecule has 9 heavy (non-hydrogen) atoms. The van der Waals surface area contributed by atoms with E-state index in [0.29, 0.717) is 18.4 Å². The number of hydrogen-bond donors (Lipinski definition) is 0. The molecule has 0 atom stereocenters. The molecule has 0 saturated heterocycles. The Bertz CT molecular complexity index is 70.6. The van der Waals surface area contributed by atoms with Crippen molar-refractivity contribution >= 4 is 6.41 Å². The molecule has 0 aromatic rings. The third-order valence-corrected chi connectivity index (χ3v) is 0.567. The van der Waals surface area contributed by atoms with E-state index < -0.39 is 0 Å². The molecular formula is C5H10NO3. The Morgan fingerprint density at radius 3 is 2.00 bits per heavy atom. The molecule has 0 aromatic carbocycles. The number of hydrogen-bond acceptors (Lipinski definition) is 3. The predicted octanol–water partition coefficient (Wildman–Crippen LogP) is 0.259. The van der Waals surface area contributed by atoms with Crippen LogP contribution in [0.25, 0.3) is 0 Å². The van der Waals surface area contributed by atoms with Crippen LogP contribution in [0, 0.1) is 0 Å². The molecule has 0 spiro atoms. The summed E-state index contributed by atoms with van der Waals surface area (Å²) in [6.45, 7) is 4.30. The van der Waals surface area contributed by atoms with E-state index in [1.807, 2.05) is 0 Å². The third kappa shape index (κ3) is 3.93. The van der Waals surface area contributed by atoms with Crippen molar-refractivity contribution in [2.75, 3.05) is 13.2 Å². The van der Waals surface area contributed by atoms with Crippen LogP contribution in [-0.4, -0.2) is 24.9 Å². The lowest BCUT2D eigenvalue weighted by Crippen LogP contribution is -2.22. The highest BCUT2D eigenvalue weighted by Gasteiger charge is 1.98. The molecule has 0 rings (SSSR count). The van der Waals surface area contributed by atoms with E-state index in [2.05, 4.69) is 9.68 Å². The van der Waals surface area contributed by atoms with Crippen LogP contribution in [-0.2, 0) is 14.5 Å². The molecule has 1 radical (unpaired) electrons. The summed E-state index contributed by atoms with van der Waals surface area (Å²) in [5.74, 6) is 0. The number of carbonyl (C=O) groups excluding carboxylic acids is 1. The fourth-order valence-electron chi connectivity index (χ4n) is 0.324. The second-order valence-electron chi connectivity index (χ2n) is 1.18. The minimum absolute atomic E-state index is 0.398. The van der Waals surface area contributed by atoms with Crippen molar-refractivity contribution < 1.29 is 14.5 Å². The molecule has 0 heterocycles. The largest absolute Gasteiger partial charge is 0.366 e. The van der Waals surface area contributed by atoms with Gasteiger partial charge in [0.05, 0.1) is 13.2 Å². The minimum Gasteiger partial charge on any atom is -0.258 e. The average Bonchev–Trinajstić information content (AvgIpc) is 1.88. The molecule has 0 fully saturated rings. The first-order valence-electron chi connectivity index (χ1n) is 2.78. The van der Waals surface area contributed by atoms with E-state index in [0.717, 1.165) is 0 Å². The van der Waals surface area contributed by atoms with Crippen LogP contribution in [0.3, 0.4) is 0 Å². The van der Waals surface area contributed by atoms with Crippen molar-refractivity contribution in [3.05, 3.63) is 0 Å². The third-order valence-electron chi connectivity index (χ3n) is 0.567. The van der Waals surface area contributed by atoms with Crippen LogP contribution in [0.1, 0.15) is 13.8 Å². The quantitative estimate of drug-likeness (QED) is 0.398. The second-order valence-corrected chi connectivity index (χ2v) is 1.18. The summed E-state index contributed by atoms with van der Waals surface area (Å²) >= 11 is 0. The fraction of sp³-hybridized carbons (Fsp3) is 0.800. The lowest BCUT2D eigenvalue weighted by atomic mass is 10.9. The Morgan fingerprint density at radius 2 is 1.78 bits per heavy atom. The zero-order chi connectivity index (χ0) is 7.11. The van der Waals surface area contributed by atoms with E-state index in [-0.39, 0.29) is 0 Å². The first-order chi connectivity index (χ1) is 4.35. The number of rotatable bonds is 5.